The fraction of sp³-hybridized carbons (Fsp3) is 0.526. The first-order valence-electron chi connectivity index (χ1n) is 11.4. The molecule has 0 amide bonds. The molecular formula is C19H25N8O10P. The SMILES string of the molecule is Nc1ccn([C@H]2C[C@@H](OP(=O)(O)OC[C@@H]3O[C@@H](n4cnc5c(=O)[nH]c(N)nc54)C[C@H]3O)[C@H](CO)O2)c(=O)n1. The van der Waals surface area contributed by atoms with Crippen molar-refractivity contribution in [3.8, 4) is 0 Å². The van der Waals surface area contributed by atoms with Crippen LogP contribution in [-0.4, -0.2) is 81.8 Å². The first-order valence-corrected chi connectivity index (χ1v) is 12.9. The lowest BCUT2D eigenvalue weighted by molar-refractivity contribution is -0.0564. The van der Waals surface area contributed by atoms with Gasteiger partial charge in [0.1, 0.15) is 36.6 Å². The Morgan fingerprint density at radius 3 is 2.63 bits per heavy atom. The number of aliphatic hydroxyl groups excluding tert-OH is 2. The average Bonchev–Trinajstić information content (AvgIpc) is 3.54. The topological polar surface area (TPSA) is 265 Å². The molecule has 3 aromatic heterocycles. The van der Waals surface area contributed by atoms with Gasteiger partial charge in [-0.25, -0.2) is 14.3 Å². The summed E-state index contributed by atoms with van der Waals surface area (Å²) in [6.45, 7) is -1.10. The Balaban J connectivity index is 1.22. The number of rotatable bonds is 8. The molecule has 0 aliphatic carbocycles. The van der Waals surface area contributed by atoms with Crippen LogP contribution in [-0.2, 0) is 23.1 Å². The van der Waals surface area contributed by atoms with E-state index in [9.17, 15) is 29.3 Å². The summed E-state index contributed by atoms with van der Waals surface area (Å²) in [6, 6.07) is 1.38. The van der Waals surface area contributed by atoms with Crippen molar-refractivity contribution in [1.82, 2.24) is 29.1 Å². The lowest BCUT2D eigenvalue weighted by Crippen LogP contribution is -2.29. The Morgan fingerprint density at radius 1 is 1.16 bits per heavy atom. The molecule has 2 aliphatic heterocycles. The Kier molecular flexibility index (Phi) is 7.05. The zero-order chi connectivity index (χ0) is 27.2. The normalized spacial score (nSPS) is 29.1. The van der Waals surface area contributed by atoms with Gasteiger partial charge in [0.05, 0.1) is 25.6 Å². The van der Waals surface area contributed by atoms with Gasteiger partial charge in [-0.15, -0.1) is 0 Å². The number of aromatic nitrogens is 6. The van der Waals surface area contributed by atoms with Gasteiger partial charge >= 0.3 is 13.5 Å². The van der Waals surface area contributed by atoms with Gasteiger partial charge in [-0.3, -0.25) is 28.0 Å². The highest BCUT2D eigenvalue weighted by Crippen LogP contribution is 2.49. The Labute approximate surface area is 212 Å². The van der Waals surface area contributed by atoms with Crippen molar-refractivity contribution in [2.45, 2.75) is 49.7 Å². The molecule has 0 aromatic carbocycles. The number of nitrogens with zero attached hydrogens (tertiary/aromatic N) is 5. The Bertz CT molecular complexity index is 1490. The monoisotopic (exact) mass is 556 g/mol. The van der Waals surface area contributed by atoms with Crippen molar-refractivity contribution >= 4 is 30.8 Å². The third-order valence-corrected chi connectivity index (χ3v) is 7.17. The van der Waals surface area contributed by atoms with E-state index >= 15 is 0 Å². The number of aromatic amines is 1. The number of ether oxygens (including phenoxy) is 2. The van der Waals surface area contributed by atoms with Crippen LogP contribution in [0.5, 0.6) is 0 Å². The van der Waals surface area contributed by atoms with Crippen LogP contribution < -0.4 is 22.7 Å². The van der Waals surface area contributed by atoms with Gasteiger partial charge in [0.2, 0.25) is 5.95 Å². The number of nitrogens with one attached hydrogen (secondary N) is 1. The van der Waals surface area contributed by atoms with Gasteiger partial charge in [-0.05, 0) is 6.07 Å². The van der Waals surface area contributed by atoms with E-state index in [4.69, 9.17) is 30.0 Å². The van der Waals surface area contributed by atoms with Crippen molar-refractivity contribution in [2.24, 2.45) is 0 Å². The summed E-state index contributed by atoms with van der Waals surface area (Å²) in [5.41, 5.74) is 10.0. The van der Waals surface area contributed by atoms with Gasteiger partial charge in [0, 0.05) is 19.0 Å². The highest BCUT2D eigenvalue weighted by molar-refractivity contribution is 7.47. The number of aliphatic hydroxyl groups is 2. The standard InChI is InChI=1S/C19H25N8O10P/c20-12-1-2-26(19(31)23-12)14-4-9(10(5-28)35-14)37-38(32,33)34-6-11-8(29)3-13(36-11)27-7-22-15-16(27)24-18(21)25-17(15)30/h1-2,7-11,13-14,28-29H,3-6H2,(H,32,33)(H2,20,23,31)(H3,21,24,25,30)/t8-,9-,10+,11+,13-,14-/m1/s1. The molecule has 2 fully saturated rings. The van der Waals surface area contributed by atoms with E-state index in [2.05, 4.69) is 19.9 Å². The number of hydrogen-bond donors (Lipinski definition) is 6. The molecule has 1 unspecified atom stereocenters. The van der Waals surface area contributed by atoms with Gasteiger partial charge in [0.15, 0.2) is 11.2 Å². The fourth-order valence-corrected chi connectivity index (χ4v) is 5.31. The molecule has 38 heavy (non-hydrogen) atoms. The summed E-state index contributed by atoms with van der Waals surface area (Å²) in [5, 5.41) is 20.1. The molecular weight excluding hydrogens is 531 g/mol. The summed E-state index contributed by atoms with van der Waals surface area (Å²) >= 11 is 0. The zero-order valence-corrected chi connectivity index (χ0v) is 20.5. The van der Waals surface area contributed by atoms with Crippen molar-refractivity contribution in [3.63, 3.8) is 0 Å². The number of phosphoric acid groups is 1. The van der Waals surface area contributed by atoms with Crippen LogP contribution in [0.2, 0.25) is 0 Å². The van der Waals surface area contributed by atoms with Crippen LogP contribution in [0.15, 0.2) is 28.2 Å². The molecule has 0 spiro atoms. The maximum absolute atomic E-state index is 12.7. The maximum Gasteiger partial charge on any atom is 0.472 e. The molecule has 206 valence electrons. The molecule has 5 rings (SSSR count). The van der Waals surface area contributed by atoms with E-state index in [0.29, 0.717) is 0 Å². The minimum Gasteiger partial charge on any atom is -0.394 e. The predicted molar refractivity (Wildman–Crippen MR) is 126 cm³/mol. The third kappa shape index (κ3) is 5.20. The van der Waals surface area contributed by atoms with Crippen molar-refractivity contribution in [3.05, 3.63) is 39.4 Å². The Morgan fingerprint density at radius 2 is 1.89 bits per heavy atom. The van der Waals surface area contributed by atoms with E-state index < -0.39 is 69.2 Å². The third-order valence-electron chi connectivity index (χ3n) is 6.16. The minimum atomic E-state index is -4.74. The summed E-state index contributed by atoms with van der Waals surface area (Å²) in [7, 11) is -4.74. The summed E-state index contributed by atoms with van der Waals surface area (Å²) in [4.78, 5) is 48.4. The van der Waals surface area contributed by atoms with Crippen LogP contribution in [0.3, 0.4) is 0 Å². The number of fused-ring (bicyclic) bond motifs is 1. The fourth-order valence-electron chi connectivity index (χ4n) is 4.35. The summed E-state index contributed by atoms with van der Waals surface area (Å²) in [6.07, 6.45) is -3.42. The van der Waals surface area contributed by atoms with E-state index in [1.807, 2.05) is 0 Å². The first-order chi connectivity index (χ1) is 18.0. The molecule has 2 saturated heterocycles. The van der Waals surface area contributed by atoms with Gasteiger partial charge in [-0.2, -0.15) is 9.97 Å². The number of anilines is 2. The number of H-pyrrole nitrogens is 1. The molecule has 0 bridgehead atoms. The second-order valence-corrected chi connectivity index (χ2v) is 10.1. The van der Waals surface area contributed by atoms with Crippen molar-refractivity contribution in [1.29, 1.82) is 0 Å². The highest BCUT2D eigenvalue weighted by atomic mass is 31.2. The smallest absolute Gasteiger partial charge is 0.394 e. The van der Waals surface area contributed by atoms with Gasteiger partial charge < -0.3 is 36.0 Å². The minimum absolute atomic E-state index is 0.0119. The van der Waals surface area contributed by atoms with E-state index in [1.54, 1.807) is 0 Å². The number of phosphoric ester groups is 1. The van der Waals surface area contributed by atoms with Crippen molar-refractivity contribution < 1.29 is 38.2 Å². The molecule has 3 aromatic rings. The lowest BCUT2D eigenvalue weighted by atomic mass is 10.2. The highest BCUT2D eigenvalue weighted by Gasteiger charge is 2.43. The average molecular weight is 556 g/mol. The summed E-state index contributed by atoms with van der Waals surface area (Å²) < 4.78 is 36.8. The summed E-state index contributed by atoms with van der Waals surface area (Å²) in [5.74, 6) is -0.115. The van der Waals surface area contributed by atoms with Crippen LogP contribution in [0.1, 0.15) is 25.3 Å². The number of nitrogens with two attached hydrogens (primary N) is 2. The second-order valence-electron chi connectivity index (χ2n) is 8.71. The zero-order valence-electron chi connectivity index (χ0n) is 19.6. The van der Waals surface area contributed by atoms with E-state index in [-0.39, 0.29) is 35.8 Å². The molecule has 2 aliphatic rings. The number of imidazole rings is 1. The molecule has 7 atom stereocenters. The molecule has 18 nitrogen and oxygen atoms in total. The number of hydrogen-bond acceptors (Lipinski definition) is 14. The molecule has 0 radical (unpaired) electrons. The molecule has 8 N–H and O–H groups in total. The van der Waals surface area contributed by atoms with Crippen LogP contribution >= 0.6 is 7.82 Å². The van der Waals surface area contributed by atoms with Gasteiger partial charge in [0.25, 0.3) is 5.56 Å². The van der Waals surface area contributed by atoms with E-state index in [1.165, 1.54) is 23.2 Å². The Hall–Kier alpha value is -3.22. The lowest BCUT2D eigenvalue weighted by Gasteiger charge is -2.21. The largest absolute Gasteiger partial charge is 0.472 e. The number of nitrogen functional groups attached to an aromatic ring is 2. The van der Waals surface area contributed by atoms with E-state index in [0.717, 1.165) is 4.57 Å². The van der Waals surface area contributed by atoms with Crippen LogP contribution in [0, 0.1) is 0 Å². The molecule has 0 saturated carbocycles. The molecule has 19 heteroatoms. The van der Waals surface area contributed by atoms with Crippen LogP contribution in [0.25, 0.3) is 11.2 Å². The predicted octanol–water partition coefficient (Wildman–Crippen LogP) is -2.03. The quantitative estimate of drug-likeness (QED) is 0.163. The van der Waals surface area contributed by atoms with Crippen LogP contribution in [0.4, 0.5) is 11.8 Å². The maximum atomic E-state index is 12.7. The van der Waals surface area contributed by atoms with Crippen molar-refractivity contribution in [2.75, 3.05) is 24.7 Å². The van der Waals surface area contributed by atoms with Gasteiger partial charge in [-0.1, -0.05) is 0 Å². The second kappa shape index (κ2) is 10.2. The first kappa shape index (κ1) is 26.4. The molecule has 5 heterocycles.